The van der Waals surface area contributed by atoms with Crippen LogP contribution in [0.5, 0.6) is 0 Å². The van der Waals surface area contributed by atoms with Crippen LogP contribution in [-0.4, -0.2) is 49.3 Å². The van der Waals surface area contributed by atoms with Crippen molar-refractivity contribution in [1.29, 1.82) is 0 Å². The Morgan fingerprint density at radius 2 is 2.06 bits per heavy atom. The second-order valence-corrected chi connectivity index (χ2v) is 7.20. The molecular weight excluding hydrogens is 224 g/mol. The smallest absolute Gasteiger partial charge is 0.0757 e. The molecule has 0 amide bonds. The van der Waals surface area contributed by atoms with Gasteiger partial charge in [-0.3, -0.25) is 4.90 Å². The molecule has 0 aliphatic carbocycles. The normalized spacial score (nSPS) is 25.3. The monoisotopic (exact) mass is 256 g/mol. The zero-order valence-corrected chi connectivity index (χ0v) is 13.2. The summed E-state index contributed by atoms with van der Waals surface area (Å²) in [5.74, 6) is 0. The van der Waals surface area contributed by atoms with Gasteiger partial charge in [-0.25, -0.2) is 0 Å². The number of nitrogens with one attached hydrogen (secondary N) is 1. The molecule has 3 heteroatoms. The van der Waals surface area contributed by atoms with E-state index in [-0.39, 0.29) is 5.60 Å². The lowest BCUT2D eigenvalue weighted by molar-refractivity contribution is -0.133. The van der Waals surface area contributed by atoms with Crippen LogP contribution in [0.4, 0.5) is 0 Å². The summed E-state index contributed by atoms with van der Waals surface area (Å²) >= 11 is 0. The SMILES string of the molecule is CCCNCC(C)(C)CN1CC(C)OC(C)(C)C1. The van der Waals surface area contributed by atoms with Crippen LogP contribution in [0.3, 0.4) is 0 Å². The van der Waals surface area contributed by atoms with Crippen LogP contribution in [0.15, 0.2) is 0 Å². The molecule has 1 fully saturated rings. The van der Waals surface area contributed by atoms with Gasteiger partial charge in [0.2, 0.25) is 0 Å². The minimum atomic E-state index is -0.00933. The van der Waals surface area contributed by atoms with Crippen LogP contribution in [0.1, 0.15) is 48.0 Å². The maximum Gasteiger partial charge on any atom is 0.0757 e. The largest absolute Gasteiger partial charge is 0.370 e. The van der Waals surface area contributed by atoms with Gasteiger partial charge in [0.1, 0.15) is 0 Å². The van der Waals surface area contributed by atoms with Crippen LogP contribution in [0.25, 0.3) is 0 Å². The molecule has 1 rings (SSSR count). The second kappa shape index (κ2) is 6.36. The van der Waals surface area contributed by atoms with Crippen molar-refractivity contribution in [2.24, 2.45) is 5.41 Å². The van der Waals surface area contributed by atoms with E-state index in [0.717, 1.165) is 32.7 Å². The average Bonchev–Trinajstić information content (AvgIpc) is 2.12. The van der Waals surface area contributed by atoms with Gasteiger partial charge in [-0.15, -0.1) is 0 Å². The minimum absolute atomic E-state index is 0.00933. The molecule has 1 atom stereocenters. The molecule has 18 heavy (non-hydrogen) atoms. The summed E-state index contributed by atoms with van der Waals surface area (Å²) in [5, 5.41) is 3.54. The van der Waals surface area contributed by atoms with E-state index in [1.807, 2.05) is 0 Å². The zero-order valence-electron chi connectivity index (χ0n) is 13.2. The van der Waals surface area contributed by atoms with Gasteiger partial charge in [-0.2, -0.15) is 0 Å². The lowest BCUT2D eigenvalue weighted by Crippen LogP contribution is -2.54. The Kier molecular flexibility index (Phi) is 5.63. The van der Waals surface area contributed by atoms with Crippen molar-refractivity contribution in [2.75, 3.05) is 32.7 Å². The molecule has 1 N–H and O–H groups in total. The molecule has 1 aliphatic heterocycles. The molecule has 1 aliphatic rings. The van der Waals surface area contributed by atoms with Crippen LogP contribution < -0.4 is 5.32 Å². The van der Waals surface area contributed by atoms with Gasteiger partial charge in [0.05, 0.1) is 11.7 Å². The Balaban J connectivity index is 2.44. The quantitative estimate of drug-likeness (QED) is 0.739. The molecule has 1 saturated heterocycles. The van der Waals surface area contributed by atoms with Gasteiger partial charge in [0.15, 0.2) is 0 Å². The van der Waals surface area contributed by atoms with Crippen molar-refractivity contribution < 1.29 is 4.74 Å². The van der Waals surface area contributed by atoms with Gasteiger partial charge >= 0.3 is 0 Å². The van der Waals surface area contributed by atoms with E-state index in [4.69, 9.17) is 4.74 Å². The van der Waals surface area contributed by atoms with Crippen molar-refractivity contribution in [3.63, 3.8) is 0 Å². The molecule has 0 bridgehead atoms. The zero-order chi connectivity index (χ0) is 13.8. The molecule has 0 saturated carbocycles. The van der Waals surface area contributed by atoms with Gasteiger partial charge in [-0.1, -0.05) is 20.8 Å². The summed E-state index contributed by atoms with van der Waals surface area (Å²) in [5.41, 5.74) is 0.312. The van der Waals surface area contributed by atoms with Gasteiger partial charge in [0.25, 0.3) is 0 Å². The molecule has 3 nitrogen and oxygen atoms in total. The number of hydrogen-bond acceptors (Lipinski definition) is 3. The first-order valence-electron chi connectivity index (χ1n) is 7.35. The fraction of sp³-hybridized carbons (Fsp3) is 1.00. The minimum Gasteiger partial charge on any atom is -0.370 e. The third-order valence-electron chi connectivity index (χ3n) is 3.32. The molecule has 0 aromatic rings. The lowest BCUT2D eigenvalue weighted by Gasteiger charge is -2.44. The van der Waals surface area contributed by atoms with E-state index in [2.05, 4.69) is 51.8 Å². The topological polar surface area (TPSA) is 24.5 Å². The van der Waals surface area contributed by atoms with Crippen molar-refractivity contribution in [3.8, 4) is 0 Å². The van der Waals surface area contributed by atoms with Crippen molar-refractivity contribution >= 4 is 0 Å². The molecular formula is C15H32N2O. The number of ether oxygens (including phenoxy) is 1. The average molecular weight is 256 g/mol. The number of morpholine rings is 1. The predicted molar refractivity (Wildman–Crippen MR) is 78.0 cm³/mol. The summed E-state index contributed by atoms with van der Waals surface area (Å²) in [6.45, 7) is 18.9. The number of nitrogens with zero attached hydrogens (tertiary/aromatic N) is 1. The maximum atomic E-state index is 5.96. The third kappa shape index (κ3) is 5.68. The predicted octanol–water partition coefficient (Wildman–Crippen LogP) is 2.51. The Bertz CT molecular complexity index is 251. The highest BCUT2D eigenvalue weighted by Gasteiger charge is 2.33. The van der Waals surface area contributed by atoms with Crippen molar-refractivity contribution in [1.82, 2.24) is 10.2 Å². The summed E-state index contributed by atoms with van der Waals surface area (Å²) in [7, 11) is 0. The first kappa shape index (κ1) is 15.9. The van der Waals surface area contributed by atoms with Crippen molar-refractivity contribution in [2.45, 2.75) is 59.7 Å². The Labute approximate surface area is 113 Å². The molecule has 0 radical (unpaired) electrons. The number of hydrogen-bond donors (Lipinski definition) is 1. The lowest BCUT2D eigenvalue weighted by atomic mass is 9.91. The third-order valence-corrected chi connectivity index (χ3v) is 3.32. The van der Waals surface area contributed by atoms with E-state index in [1.165, 1.54) is 6.42 Å². The molecule has 0 spiro atoms. The molecule has 1 unspecified atom stereocenters. The van der Waals surface area contributed by atoms with Crippen LogP contribution in [-0.2, 0) is 4.74 Å². The highest BCUT2D eigenvalue weighted by molar-refractivity contribution is 4.86. The van der Waals surface area contributed by atoms with E-state index in [9.17, 15) is 0 Å². The fourth-order valence-corrected chi connectivity index (χ4v) is 2.97. The molecule has 108 valence electrons. The Morgan fingerprint density at radius 3 is 2.61 bits per heavy atom. The maximum absolute atomic E-state index is 5.96. The summed E-state index contributed by atoms with van der Waals surface area (Å²) in [4.78, 5) is 2.56. The highest BCUT2D eigenvalue weighted by Crippen LogP contribution is 2.24. The van der Waals surface area contributed by atoms with Gasteiger partial charge < -0.3 is 10.1 Å². The number of rotatable bonds is 6. The van der Waals surface area contributed by atoms with Crippen LogP contribution in [0.2, 0.25) is 0 Å². The molecule has 1 heterocycles. The first-order chi connectivity index (χ1) is 8.24. The van der Waals surface area contributed by atoms with Gasteiger partial charge in [-0.05, 0) is 39.2 Å². The van der Waals surface area contributed by atoms with E-state index < -0.39 is 0 Å². The standard InChI is InChI=1S/C15H32N2O/c1-7-8-16-10-14(3,4)11-17-9-13(2)18-15(5,6)12-17/h13,16H,7-12H2,1-6H3. The first-order valence-corrected chi connectivity index (χ1v) is 7.35. The molecule has 0 aromatic heterocycles. The second-order valence-electron chi connectivity index (χ2n) is 7.20. The van der Waals surface area contributed by atoms with E-state index in [0.29, 0.717) is 11.5 Å². The van der Waals surface area contributed by atoms with E-state index in [1.54, 1.807) is 0 Å². The van der Waals surface area contributed by atoms with Gasteiger partial charge in [0, 0.05) is 26.2 Å². The van der Waals surface area contributed by atoms with Crippen LogP contribution >= 0.6 is 0 Å². The Hall–Kier alpha value is -0.120. The summed E-state index contributed by atoms with van der Waals surface area (Å²) < 4.78 is 5.96. The summed E-state index contributed by atoms with van der Waals surface area (Å²) in [6, 6.07) is 0. The fourth-order valence-electron chi connectivity index (χ4n) is 2.97. The highest BCUT2D eigenvalue weighted by atomic mass is 16.5. The van der Waals surface area contributed by atoms with Crippen molar-refractivity contribution in [3.05, 3.63) is 0 Å². The van der Waals surface area contributed by atoms with Crippen LogP contribution in [0, 0.1) is 5.41 Å². The Morgan fingerprint density at radius 1 is 1.39 bits per heavy atom. The van der Waals surface area contributed by atoms with E-state index >= 15 is 0 Å². The summed E-state index contributed by atoms with van der Waals surface area (Å²) in [6.07, 6.45) is 1.55. The molecule has 0 aromatic carbocycles.